The number of aromatic nitrogens is 1. The molecule has 36 heavy (non-hydrogen) atoms. The molecule has 0 radical (unpaired) electrons. The van der Waals surface area contributed by atoms with Crippen molar-refractivity contribution in [3.8, 4) is 0 Å². The van der Waals surface area contributed by atoms with Crippen LogP contribution in [0.15, 0.2) is 90.2 Å². The summed E-state index contributed by atoms with van der Waals surface area (Å²) < 4.78 is 20.3. The van der Waals surface area contributed by atoms with Gasteiger partial charge in [0.1, 0.15) is 11.9 Å². The third kappa shape index (κ3) is 6.35. The number of nitrogens with zero attached hydrogens (tertiary/aromatic N) is 2. The molecule has 0 saturated heterocycles. The first-order chi connectivity index (χ1) is 17.5. The van der Waals surface area contributed by atoms with E-state index in [4.69, 9.17) is 4.74 Å². The number of amides is 2. The van der Waals surface area contributed by atoms with Crippen LogP contribution in [0.3, 0.4) is 0 Å². The van der Waals surface area contributed by atoms with Crippen molar-refractivity contribution in [2.24, 2.45) is 5.10 Å². The van der Waals surface area contributed by atoms with Gasteiger partial charge in [0.15, 0.2) is 0 Å². The minimum absolute atomic E-state index is 0.200. The Morgan fingerprint density at radius 2 is 1.72 bits per heavy atom. The zero-order valence-electron chi connectivity index (χ0n) is 19.9. The van der Waals surface area contributed by atoms with Crippen molar-refractivity contribution < 1.29 is 18.7 Å². The lowest BCUT2D eigenvalue weighted by Crippen LogP contribution is -2.47. The van der Waals surface area contributed by atoms with E-state index in [9.17, 15) is 14.0 Å². The van der Waals surface area contributed by atoms with Gasteiger partial charge in [0, 0.05) is 35.6 Å². The minimum atomic E-state index is -0.858. The van der Waals surface area contributed by atoms with Gasteiger partial charge < -0.3 is 14.6 Å². The molecule has 2 amide bonds. The normalized spacial score (nSPS) is 11.9. The summed E-state index contributed by atoms with van der Waals surface area (Å²) in [5.74, 6) is -0.735. The maximum atomic E-state index is 13.3. The van der Waals surface area contributed by atoms with Crippen molar-refractivity contribution >= 4 is 29.1 Å². The van der Waals surface area contributed by atoms with Crippen molar-refractivity contribution in [1.29, 1.82) is 0 Å². The molecule has 3 aromatic carbocycles. The molecule has 4 rings (SSSR count). The number of hydrogen-bond donors (Lipinski definition) is 2. The van der Waals surface area contributed by atoms with E-state index in [1.54, 1.807) is 25.3 Å². The number of benzene rings is 3. The fourth-order valence-corrected chi connectivity index (χ4v) is 3.91. The van der Waals surface area contributed by atoms with Crippen LogP contribution in [-0.4, -0.2) is 35.4 Å². The van der Waals surface area contributed by atoms with Gasteiger partial charge in [-0.2, -0.15) is 5.10 Å². The number of rotatable bonds is 9. The third-order valence-corrected chi connectivity index (χ3v) is 5.63. The van der Waals surface area contributed by atoms with E-state index in [0.29, 0.717) is 6.54 Å². The Hall–Kier alpha value is -4.46. The summed E-state index contributed by atoms with van der Waals surface area (Å²) in [6.45, 7) is 2.46. The molecular weight excluding hydrogens is 459 g/mol. The molecule has 0 aliphatic rings. The van der Waals surface area contributed by atoms with Crippen LogP contribution in [0.5, 0.6) is 0 Å². The fraction of sp³-hybridized carbons (Fsp3) is 0.179. The van der Waals surface area contributed by atoms with Crippen LogP contribution < -0.4 is 10.7 Å². The monoisotopic (exact) mass is 486 g/mol. The zero-order valence-corrected chi connectivity index (χ0v) is 19.9. The second-order valence-electron chi connectivity index (χ2n) is 8.20. The van der Waals surface area contributed by atoms with Gasteiger partial charge in [0.2, 0.25) is 0 Å². The number of carbonyl (C=O) groups is 2. The smallest absolute Gasteiger partial charge is 0.407 e. The molecule has 8 heteroatoms. The first-order valence-corrected chi connectivity index (χ1v) is 11.7. The van der Waals surface area contributed by atoms with Crippen LogP contribution in [0.1, 0.15) is 23.6 Å². The first kappa shape index (κ1) is 24.7. The lowest BCUT2D eigenvalue weighted by Gasteiger charge is -2.16. The van der Waals surface area contributed by atoms with E-state index in [1.165, 1.54) is 12.1 Å². The molecule has 0 bridgehead atoms. The Bertz CT molecular complexity index is 1350. The highest BCUT2D eigenvalue weighted by Crippen LogP contribution is 2.21. The molecule has 1 atom stereocenters. The highest BCUT2D eigenvalue weighted by Gasteiger charge is 2.21. The predicted octanol–water partition coefficient (Wildman–Crippen LogP) is 4.64. The van der Waals surface area contributed by atoms with Gasteiger partial charge in [0.05, 0.1) is 12.8 Å². The molecule has 0 saturated carbocycles. The van der Waals surface area contributed by atoms with Crippen LogP contribution >= 0.6 is 0 Å². The van der Waals surface area contributed by atoms with Gasteiger partial charge in [-0.25, -0.2) is 14.6 Å². The van der Waals surface area contributed by atoms with Crippen molar-refractivity contribution in [3.63, 3.8) is 0 Å². The summed E-state index contributed by atoms with van der Waals surface area (Å²) in [5.41, 5.74) is 6.19. The molecule has 0 aliphatic heterocycles. The number of hydrogen-bond acceptors (Lipinski definition) is 4. The number of fused-ring (bicyclic) bond motifs is 1. The lowest BCUT2D eigenvalue weighted by molar-refractivity contribution is -0.123. The number of alkyl carbamates (subject to hydrolysis) is 1. The lowest BCUT2D eigenvalue weighted by atomic mass is 10.1. The van der Waals surface area contributed by atoms with Crippen molar-refractivity contribution in [1.82, 2.24) is 15.3 Å². The van der Waals surface area contributed by atoms with Gasteiger partial charge in [0.25, 0.3) is 5.91 Å². The maximum Gasteiger partial charge on any atom is 0.407 e. The zero-order chi connectivity index (χ0) is 25.3. The molecule has 4 aromatic rings. The number of ether oxygens (including phenoxy) is 1. The quantitative estimate of drug-likeness (QED) is 0.267. The van der Waals surface area contributed by atoms with Gasteiger partial charge >= 0.3 is 6.09 Å². The molecular formula is C28H27FN4O3. The molecule has 2 N–H and O–H groups in total. The summed E-state index contributed by atoms with van der Waals surface area (Å²) in [6, 6.07) is 22.8. The van der Waals surface area contributed by atoms with Crippen LogP contribution in [0.2, 0.25) is 0 Å². The number of halogens is 1. The van der Waals surface area contributed by atoms with E-state index >= 15 is 0 Å². The predicted molar refractivity (Wildman–Crippen MR) is 137 cm³/mol. The van der Waals surface area contributed by atoms with Crippen LogP contribution in [0, 0.1) is 5.82 Å². The second-order valence-corrected chi connectivity index (χ2v) is 8.20. The number of para-hydroxylation sites is 1. The highest BCUT2D eigenvalue weighted by atomic mass is 19.1. The minimum Gasteiger partial charge on any atom is -0.450 e. The van der Waals surface area contributed by atoms with Crippen LogP contribution in [-0.2, 0) is 22.5 Å². The van der Waals surface area contributed by atoms with Crippen LogP contribution in [0.4, 0.5) is 9.18 Å². The number of carbonyl (C=O) groups excluding carboxylic acids is 2. The molecule has 0 unspecified atom stereocenters. The van der Waals surface area contributed by atoms with Crippen molar-refractivity contribution in [3.05, 3.63) is 108 Å². The van der Waals surface area contributed by atoms with Gasteiger partial charge in [-0.1, -0.05) is 60.7 Å². The highest BCUT2D eigenvalue weighted by molar-refractivity contribution is 6.00. The Morgan fingerprint density at radius 1 is 1.00 bits per heavy atom. The van der Waals surface area contributed by atoms with E-state index in [2.05, 4.69) is 15.8 Å². The number of hydrazone groups is 1. The Balaban J connectivity index is 1.50. The third-order valence-electron chi connectivity index (χ3n) is 5.63. The van der Waals surface area contributed by atoms with Gasteiger partial charge in [-0.05, 0) is 36.2 Å². The molecule has 0 aliphatic carbocycles. The number of nitrogens with one attached hydrogen (secondary N) is 2. The van der Waals surface area contributed by atoms with E-state index in [1.807, 2.05) is 65.4 Å². The maximum absolute atomic E-state index is 13.3. The fourth-order valence-electron chi connectivity index (χ4n) is 3.91. The van der Waals surface area contributed by atoms with Crippen molar-refractivity contribution in [2.75, 3.05) is 6.61 Å². The van der Waals surface area contributed by atoms with Crippen molar-refractivity contribution in [2.45, 2.75) is 25.9 Å². The van der Waals surface area contributed by atoms with Gasteiger partial charge in [-0.3, -0.25) is 4.79 Å². The molecule has 0 spiro atoms. The molecule has 7 nitrogen and oxygen atoms in total. The van der Waals surface area contributed by atoms with Crippen LogP contribution in [0.25, 0.3) is 10.9 Å². The summed E-state index contributed by atoms with van der Waals surface area (Å²) in [6.07, 6.45) is 3.13. The second kappa shape index (κ2) is 11.8. The summed E-state index contributed by atoms with van der Waals surface area (Å²) >= 11 is 0. The summed E-state index contributed by atoms with van der Waals surface area (Å²) in [4.78, 5) is 24.9. The Morgan fingerprint density at radius 3 is 2.47 bits per heavy atom. The molecule has 1 heterocycles. The molecule has 1 aromatic heterocycles. The average molecular weight is 487 g/mol. The van der Waals surface area contributed by atoms with E-state index in [-0.39, 0.29) is 18.8 Å². The van der Waals surface area contributed by atoms with E-state index < -0.39 is 18.0 Å². The Kier molecular flexibility index (Phi) is 8.08. The first-order valence-electron chi connectivity index (χ1n) is 11.7. The summed E-state index contributed by atoms with van der Waals surface area (Å²) in [7, 11) is 0. The topological polar surface area (TPSA) is 84.7 Å². The largest absolute Gasteiger partial charge is 0.450 e. The Labute approximate surface area is 208 Å². The van der Waals surface area contributed by atoms with Gasteiger partial charge in [-0.15, -0.1) is 0 Å². The molecule has 184 valence electrons. The standard InChI is InChI=1S/C28H27FN4O3/c1-2-36-28(35)31-25(16-20-8-4-3-5-9-20)27(34)32-30-17-22-19-33(26-11-7-6-10-24(22)26)18-21-12-14-23(29)15-13-21/h3-15,17,19,25H,2,16,18H2,1H3,(H,31,35)(H,32,34)/b30-17-/t25-/m1/s1. The SMILES string of the molecule is CCOC(=O)N[C@H](Cc1ccccc1)C(=O)N/N=C\c1cn(Cc2ccc(F)cc2)c2ccccc12. The molecule has 0 fully saturated rings. The average Bonchev–Trinajstić information content (AvgIpc) is 3.23. The summed E-state index contributed by atoms with van der Waals surface area (Å²) in [5, 5.41) is 7.72. The van der Waals surface area contributed by atoms with E-state index in [0.717, 1.165) is 27.6 Å².